The van der Waals surface area contributed by atoms with Crippen molar-refractivity contribution in [1.29, 1.82) is 0 Å². The summed E-state index contributed by atoms with van der Waals surface area (Å²) >= 11 is 0. The molecule has 11 nitrogen and oxygen atoms in total. The Morgan fingerprint density at radius 1 is 0.822 bits per heavy atom. The molecule has 0 heterocycles. The van der Waals surface area contributed by atoms with Gasteiger partial charge in [0.25, 0.3) is 0 Å². The molecule has 0 aliphatic rings. The van der Waals surface area contributed by atoms with Gasteiger partial charge in [0.05, 0.1) is 6.42 Å². The Balaban J connectivity index is 2.58. The molecule has 4 amide bonds. The Morgan fingerprint density at radius 2 is 1.38 bits per heavy atom. The number of likely N-dealkylation sites (N-methyl/N-ethyl adjacent to an activating group) is 1. The highest BCUT2D eigenvalue weighted by Crippen LogP contribution is 2.26. The lowest BCUT2D eigenvalue weighted by atomic mass is 9.97. The lowest BCUT2D eigenvalue weighted by molar-refractivity contribution is -0.159. The molecule has 0 aromatic heterocycles. The van der Waals surface area contributed by atoms with E-state index in [-0.39, 0.29) is 13.0 Å². The average Bonchev–Trinajstić information content (AvgIpc) is 2.88. The predicted molar refractivity (Wildman–Crippen MR) is 171 cm³/mol. The second kappa shape index (κ2) is 15.5. The number of ether oxygens (including phenoxy) is 2. The Kier molecular flexibility index (Phi) is 12.7. The largest absolute Gasteiger partial charge is 0.458 e. The maximum Gasteiger partial charge on any atom is 0.408 e. The molecule has 45 heavy (non-hydrogen) atoms. The third-order valence-electron chi connectivity index (χ3n) is 6.43. The van der Waals surface area contributed by atoms with Crippen LogP contribution in [0.25, 0.3) is 0 Å². The topological polar surface area (TPSA) is 157 Å². The summed E-state index contributed by atoms with van der Waals surface area (Å²) < 4.78 is 11.0. The molecule has 0 bridgehead atoms. The molecule has 0 saturated heterocycles. The van der Waals surface area contributed by atoms with Crippen LogP contribution in [0.5, 0.6) is 0 Å². The molecule has 0 spiro atoms. The lowest BCUT2D eigenvalue weighted by Crippen LogP contribution is -2.55. The summed E-state index contributed by atoms with van der Waals surface area (Å²) in [7, 11) is 0. The summed E-state index contributed by atoms with van der Waals surface area (Å²) in [4.78, 5) is 67.6. The smallest absolute Gasteiger partial charge is 0.408 e. The third-order valence-corrected chi connectivity index (χ3v) is 6.43. The van der Waals surface area contributed by atoms with Gasteiger partial charge in [-0.1, -0.05) is 59.7 Å². The first-order valence-corrected chi connectivity index (χ1v) is 15.0. The minimum absolute atomic E-state index is 0.0188. The Bertz CT molecular complexity index is 1340. The highest BCUT2D eigenvalue weighted by Gasteiger charge is 2.38. The number of alkyl carbamates (subject to hydrolysis) is 1. The van der Waals surface area contributed by atoms with E-state index < -0.39 is 65.5 Å². The van der Waals surface area contributed by atoms with Crippen molar-refractivity contribution in [2.75, 3.05) is 6.54 Å². The van der Waals surface area contributed by atoms with Gasteiger partial charge < -0.3 is 30.7 Å². The number of nitrogens with one attached hydrogen (secondary N) is 2. The number of carbonyl (C=O) groups is 5. The lowest BCUT2D eigenvalue weighted by Gasteiger charge is -2.34. The Labute approximate surface area is 266 Å². The number of aryl methyl sites for hydroxylation is 2. The van der Waals surface area contributed by atoms with Crippen molar-refractivity contribution in [1.82, 2.24) is 15.5 Å². The SMILES string of the molecule is CCN(C(=O)C(CC(N)=O)NC(=O)OC(C)(C)C)C(C(=O)NC(Cc1ccccc1)C(=O)OC(C)(C)C)c1cc(C)cc(C)c1. The average molecular weight is 625 g/mol. The molecule has 0 aliphatic carbocycles. The van der Waals surface area contributed by atoms with E-state index in [0.29, 0.717) is 5.56 Å². The number of carbonyl (C=O) groups excluding carboxylic acids is 5. The second-order valence-corrected chi connectivity index (χ2v) is 13.1. The minimum Gasteiger partial charge on any atom is -0.458 e. The van der Waals surface area contributed by atoms with Gasteiger partial charge in [-0.3, -0.25) is 14.4 Å². The molecule has 11 heteroatoms. The summed E-state index contributed by atoms with van der Waals surface area (Å²) in [6.07, 6.45) is -1.30. The van der Waals surface area contributed by atoms with Gasteiger partial charge in [0.1, 0.15) is 29.3 Å². The molecule has 0 fully saturated rings. The number of rotatable bonds is 12. The first-order chi connectivity index (χ1) is 20.8. The molecular weight excluding hydrogens is 576 g/mol. The molecule has 246 valence electrons. The van der Waals surface area contributed by atoms with E-state index in [4.69, 9.17) is 15.2 Å². The van der Waals surface area contributed by atoms with Gasteiger partial charge in [0.2, 0.25) is 17.7 Å². The summed E-state index contributed by atoms with van der Waals surface area (Å²) in [6, 6.07) is 10.9. The van der Waals surface area contributed by atoms with Crippen LogP contribution in [0.4, 0.5) is 4.79 Å². The number of hydrogen-bond donors (Lipinski definition) is 3. The van der Waals surface area contributed by atoms with Gasteiger partial charge in [-0.05, 0) is 73.4 Å². The van der Waals surface area contributed by atoms with Gasteiger partial charge >= 0.3 is 12.1 Å². The number of hydrogen-bond acceptors (Lipinski definition) is 7. The van der Waals surface area contributed by atoms with Crippen LogP contribution in [0.3, 0.4) is 0 Å². The van der Waals surface area contributed by atoms with Crippen LogP contribution in [0, 0.1) is 13.8 Å². The number of primary amides is 1. The number of esters is 1. The van der Waals surface area contributed by atoms with Crippen LogP contribution in [0.1, 0.15) is 83.2 Å². The molecule has 3 atom stereocenters. The minimum atomic E-state index is -1.41. The zero-order valence-corrected chi connectivity index (χ0v) is 27.9. The summed E-state index contributed by atoms with van der Waals surface area (Å²) in [6.45, 7) is 15.6. The first-order valence-electron chi connectivity index (χ1n) is 15.0. The predicted octanol–water partition coefficient (Wildman–Crippen LogP) is 4.03. The van der Waals surface area contributed by atoms with Crippen LogP contribution in [-0.4, -0.2) is 64.5 Å². The standard InChI is InChI=1S/C34H48N4O7/c1-10-38(30(41)25(20-27(35)39)37-32(43)45-34(7,8)9)28(24-17-21(2)16-22(3)18-24)29(40)36-26(31(42)44-33(4,5)6)19-23-14-12-11-13-15-23/h11-18,25-26,28H,10,19-20H2,1-9H3,(H2,35,39)(H,36,40)(H,37,43). The van der Waals surface area contributed by atoms with E-state index in [1.807, 2.05) is 50.2 Å². The first kappa shape index (κ1) is 36.8. The summed E-state index contributed by atoms with van der Waals surface area (Å²) in [5.41, 5.74) is 6.74. The molecule has 2 aromatic carbocycles. The van der Waals surface area contributed by atoms with Crippen LogP contribution in [-0.2, 0) is 35.1 Å². The van der Waals surface area contributed by atoms with Crippen molar-refractivity contribution in [3.8, 4) is 0 Å². The van der Waals surface area contributed by atoms with Crippen LogP contribution in [0.15, 0.2) is 48.5 Å². The maximum atomic E-state index is 14.3. The van der Waals surface area contributed by atoms with Gasteiger partial charge in [0.15, 0.2) is 0 Å². The van der Waals surface area contributed by atoms with Crippen molar-refractivity contribution in [3.63, 3.8) is 0 Å². The molecule has 2 rings (SSSR count). The van der Waals surface area contributed by atoms with Gasteiger partial charge in [-0.15, -0.1) is 0 Å². The van der Waals surface area contributed by atoms with E-state index in [0.717, 1.165) is 16.7 Å². The fourth-order valence-electron chi connectivity index (χ4n) is 4.82. The van der Waals surface area contributed by atoms with Gasteiger partial charge in [0, 0.05) is 13.0 Å². The van der Waals surface area contributed by atoms with Crippen LogP contribution in [0.2, 0.25) is 0 Å². The van der Waals surface area contributed by atoms with E-state index in [1.165, 1.54) is 4.90 Å². The number of amides is 4. The van der Waals surface area contributed by atoms with E-state index >= 15 is 0 Å². The summed E-state index contributed by atoms with van der Waals surface area (Å²) in [5.74, 6) is -2.83. The zero-order chi connectivity index (χ0) is 34.1. The van der Waals surface area contributed by atoms with Gasteiger partial charge in [-0.25, -0.2) is 9.59 Å². The number of benzene rings is 2. The van der Waals surface area contributed by atoms with Crippen molar-refractivity contribution in [3.05, 3.63) is 70.8 Å². The highest BCUT2D eigenvalue weighted by molar-refractivity contribution is 5.95. The van der Waals surface area contributed by atoms with E-state index in [9.17, 15) is 24.0 Å². The van der Waals surface area contributed by atoms with Crippen LogP contribution >= 0.6 is 0 Å². The zero-order valence-electron chi connectivity index (χ0n) is 27.9. The number of nitrogens with two attached hydrogens (primary N) is 1. The fourth-order valence-corrected chi connectivity index (χ4v) is 4.82. The Morgan fingerprint density at radius 3 is 1.87 bits per heavy atom. The normalized spacial score (nSPS) is 13.5. The third kappa shape index (κ3) is 12.2. The summed E-state index contributed by atoms with van der Waals surface area (Å²) in [5, 5.41) is 5.28. The highest BCUT2D eigenvalue weighted by atomic mass is 16.6. The maximum absolute atomic E-state index is 14.3. The molecule has 2 aromatic rings. The van der Waals surface area contributed by atoms with Crippen molar-refractivity contribution < 1.29 is 33.4 Å². The molecule has 3 unspecified atom stereocenters. The van der Waals surface area contributed by atoms with Crippen molar-refractivity contribution in [2.45, 2.75) is 104 Å². The fraction of sp³-hybridized carbons (Fsp3) is 0.500. The Hall–Kier alpha value is -4.41. The molecule has 0 radical (unpaired) electrons. The van der Waals surface area contributed by atoms with Crippen LogP contribution < -0.4 is 16.4 Å². The molecule has 0 aliphatic heterocycles. The monoisotopic (exact) mass is 624 g/mol. The molecule has 4 N–H and O–H groups in total. The molecule has 0 saturated carbocycles. The number of nitrogens with zero attached hydrogens (tertiary/aromatic N) is 1. The van der Waals surface area contributed by atoms with Gasteiger partial charge in [-0.2, -0.15) is 0 Å². The van der Waals surface area contributed by atoms with Crippen molar-refractivity contribution >= 4 is 29.8 Å². The molecular formula is C34H48N4O7. The van der Waals surface area contributed by atoms with E-state index in [2.05, 4.69) is 10.6 Å². The van der Waals surface area contributed by atoms with Crippen molar-refractivity contribution in [2.24, 2.45) is 5.73 Å². The second-order valence-electron chi connectivity index (χ2n) is 13.1. The van der Waals surface area contributed by atoms with E-state index in [1.54, 1.807) is 60.6 Å². The quantitative estimate of drug-likeness (QED) is 0.301.